The van der Waals surface area contributed by atoms with Gasteiger partial charge in [0, 0.05) is 50.7 Å². The molecule has 2 aromatic rings. The van der Waals surface area contributed by atoms with Gasteiger partial charge in [-0.05, 0) is 35.9 Å². The Balaban J connectivity index is 1.54. The predicted molar refractivity (Wildman–Crippen MR) is 80.7 cm³/mol. The van der Waals surface area contributed by atoms with Gasteiger partial charge >= 0.3 is 0 Å². The van der Waals surface area contributed by atoms with Crippen molar-refractivity contribution in [2.24, 2.45) is 0 Å². The van der Waals surface area contributed by atoms with Crippen LogP contribution in [0.3, 0.4) is 0 Å². The van der Waals surface area contributed by atoms with Crippen molar-refractivity contribution in [3.05, 3.63) is 66.0 Å². The molecule has 1 amide bonds. The van der Waals surface area contributed by atoms with Gasteiger partial charge in [0.1, 0.15) is 0 Å². The number of hydrogen-bond donors (Lipinski definition) is 0. The Hall–Kier alpha value is -2.20. The van der Waals surface area contributed by atoms with E-state index >= 15 is 0 Å². The number of nitrogens with zero attached hydrogens (tertiary/aromatic N) is 3. The molecule has 4 nitrogen and oxygen atoms in total. The molecule has 0 spiro atoms. The molecule has 1 saturated heterocycles. The van der Waals surface area contributed by atoms with Crippen molar-refractivity contribution >= 4 is 5.91 Å². The highest BCUT2D eigenvalue weighted by atomic mass is 16.2. The van der Waals surface area contributed by atoms with Crippen LogP contribution in [0.15, 0.2) is 48.8 Å². The highest BCUT2D eigenvalue weighted by molar-refractivity contribution is 5.94. The third-order valence-electron chi connectivity index (χ3n) is 3.78. The fourth-order valence-electron chi connectivity index (χ4n) is 2.57. The maximum absolute atomic E-state index is 12.3. The number of amides is 1. The number of hydrogen-bond acceptors (Lipinski definition) is 3. The Kier molecular flexibility index (Phi) is 4.26. The van der Waals surface area contributed by atoms with Crippen molar-refractivity contribution in [3.63, 3.8) is 0 Å². The van der Waals surface area contributed by atoms with E-state index in [0.29, 0.717) is 0 Å². The molecular weight excluding hydrogens is 262 g/mol. The van der Waals surface area contributed by atoms with E-state index in [4.69, 9.17) is 0 Å². The SMILES string of the molecule is O=C(c1cc[c]cc1)N1CCN(Cc2ccncc2)CC1. The summed E-state index contributed by atoms with van der Waals surface area (Å²) in [5.41, 5.74) is 2.01. The molecule has 1 aliphatic rings. The van der Waals surface area contributed by atoms with Crippen molar-refractivity contribution in [1.29, 1.82) is 0 Å². The lowest BCUT2D eigenvalue weighted by Gasteiger charge is -2.34. The molecule has 0 aliphatic carbocycles. The number of pyridine rings is 1. The Labute approximate surface area is 125 Å². The number of aromatic nitrogens is 1. The molecule has 0 unspecified atom stereocenters. The molecule has 1 radical (unpaired) electrons. The molecule has 107 valence electrons. The van der Waals surface area contributed by atoms with Crippen molar-refractivity contribution in [2.45, 2.75) is 6.54 Å². The standard InChI is InChI=1S/C17H18N3O/c21-17(16-4-2-1-3-5-16)20-12-10-19(11-13-20)14-15-6-8-18-9-7-15/h2-9H,10-14H2. The van der Waals surface area contributed by atoms with Crippen LogP contribution in [0.2, 0.25) is 0 Å². The first-order chi connectivity index (χ1) is 10.3. The lowest BCUT2D eigenvalue weighted by Crippen LogP contribution is -2.48. The van der Waals surface area contributed by atoms with Crippen LogP contribution in [0, 0.1) is 6.07 Å². The van der Waals surface area contributed by atoms with Gasteiger partial charge in [-0.15, -0.1) is 0 Å². The topological polar surface area (TPSA) is 36.4 Å². The molecule has 0 N–H and O–H groups in total. The number of piperazine rings is 1. The molecule has 1 aromatic carbocycles. The number of carbonyl (C=O) groups excluding carboxylic acids is 1. The van der Waals surface area contributed by atoms with E-state index in [9.17, 15) is 4.79 Å². The van der Waals surface area contributed by atoms with E-state index in [1.54, 1.807) is 12.1 Å². The zero-order valence-electron chi connectivity index (χ0n) is 11.9. The average Bonchev–Trinajstić information content (AvgIpc) is 2.57. The molecule has 3 rings (SSSR count). The average molecular weight is 280 g/mol. The predicted octanol–water partition coefficient (Wildman–Crippen LogP) is 1.84. The minimum absolute atomic E-state index is 0.118. The maximum atomic E-state index is 12.3. The molecule has 1 aliphatic heterocycles. The first-order valence-electron chi connectivity index (χ1n) is 7.19. The van der Waals surface area contributed by atoms with Gasteiger partial charge in [0.05, 0.1) is 0 Å². The van der Waals surface area contributed by atoms with Crippen LogP contribution in [0.4, 0.5) is 0 Å². The quantitative estimate of drug-likeness (QED) is 0.861. The number of benzene rings is 1. The third-order valence-corrected chi connectivity index (χ3v) is 3.78. The van der Waals surface area contributed by atoms with E-state index in [1.807, 2.05) is 41.6 Å². The molecule has 2 heterocycles. The third kappa shape index (κ3) is 3.47. The summed E-state index contributed by atoms with van der Waals surface area (Å²) in [5.74, 6) is 0.118. The second kappa shape index (κ2) is 6.50. The van der Waals surface area contributed by atoms with E-state index in [1.165, 1.54) is 5.56 Å². The molecule has 0 atom stereocenters. The van der Waals surface area contributed by atoms with Crippen LogP contribution in [-0.4, -0.2) is 46.9 Å². The Morgan fingerprint density at radius 3 is 2.38 bits per heavy atom. The van der Waals surface area contributed by atoms with Gasteiger partial charge < -0.3 is 4.90 Å². The smallest absolute Gasteiger partial charge is 0.253 e. The van der Waals surface area contributed by atoms with E-state index in [2.05, 4.69) is 16.0 Å². The van der Waals surface area contributed by atoms with Crippen molar-refractivity contribution in [3.8, 4) is 0 Å². The highest BCUT2D eigenvalue weighted by Crippen LogP contribution is 2.11. The first-order valence-corrected chi connectivity index (χ1v) is 7.19. The summed E-state index contributed by atoms with van der Waals surface area (Å²) in [6.45, 7) is 4.30. The summed E-state index contributed by atoms with van der Waals surface area (Å²) in [5, 5.41) is 0. The van der Waals surface area contributed by atoms with E-state index < -0.39 is 0 Å². The van der Waals surface area contributed by atoms with Gasteiger partial charge in [0.25, 0.3) is 5.91 Å². The van der Waals surface area contributed by atoms with Gasteiger partial charge in [0.15, 0.2) is 0 Å². The molecule has 1 fully saturated rings. The number of rotatable bonds is 3. The van der Waals surface area contributed by atoms with E-state index in [-0.39, 0.29) is 5.91 Å². The van der Waals surface area contributed by atoms with Crippen LogP contribution in [0.25, 0.3) is 0 Å². The van der Waals surface area contributed by atoms with Crippen LogP contribution in [0.1, 0.15) is 15.9 Å². The molecule has 21 heavy (non-hydrogen) atoms. The lowest BCUT2D eigenvalue weighted by molar-refractivity contribution is 0.0628. The van der Waals surface area contributed by atoms with Crippen molar-refractivity contribution < 1.29 is 4.79 Å². The van der Waals surface area contributed by atoms with Gasteiger partial charge in [0.2, 0.25) is 0 Å². The fourth-order valence-corrected chi connectivity index (χ4v) is 2.57. The minimum atomic E-state index is 0.118. The zero-order chi connectivity index (χ0) is 14.5. The van der Waals surface area contributed by atoms with Crippen LogP contribution >= 0.6 is 0 Å². The Morgan fingerprint density at radius 2 is 1.71 bits per heavy atom. The second-order valence-electron chi connectivity index (χ2n) is 5.21. The van der Waals surface area contributed by atoms with Crippen molar-refractivity contribution in [2.75, 3.05) is 26.2 Å². The molecule has 0 bridgehead atoms. The molecule has 1 aromatic heterocycles. The Morgan fingerprint density at radius 1 is 1.05 bits per heavy atom. The Bertz CT molecular complexity index is 577. The fraction of sp³-hybridized carbons (Fsp3) is 0.294. The maximum Gasteiger partial charge on any atom is 0.253 e. The van der Waals surface area contributed by atoms with E-state index in [0.717, 1.165) is 38.3 Å². The lowest BCUT2D eigenvalue weighted by atomic mass is 10.1. The van der Waals surface area contributed by atoms with Gasteiger partial charge in [-0.1, -0.05) is 12.1 Å². The first kappa shape index (κ1) is 13.8. The zero-order valence-corrected chi connectivity index (χ0v) is 11.9. The van der Waals surface area contributed by atoms with Gasteiger partial charge in [-0.2, -0.15) is 0 Å². The monoisotopic (exact) mass is 280 g/mol. The van der Waals surface area contributed by atoms with Gasteiger partial charge in [-0.25, -0.2) is 0 Å². The van der Waals surface area contributed by atoms with Gasteiger partial charge in [-0.3, -0.25) is 14.7 Å². The summed E-state index contributed by atoms with van der Waals surface area (Å²) in [6, 6.07) is 14.2. The largest absolute Gasteiger partial charge is 0.336 e. The molecule has 4 heteroatoms. The summed E-state index contributed by atoms with van der Waals surface area (Å²) in [7, 11) is 0. The van der Waals surface area contributed by atoms with Crippen LogP contribution in [-0.2, 0) is 6.54 Å². The summed E-state index contributed by atoms with van der Waals surface area (Å²) in [6.07, 6.45) is 3.64. The highest BCUT2D eigenvalue weighted by Gasteiger charge is 2.21. The van der Waals surface area contributed by atoms with Crippen LogP contribution in [0.5, 0.6) is 0 Å². The minimum Gasteiger partial charge on any atom is -0.336 e. The molecule has 0 saturated carbocycles. The summed E-state index contributed by atoms with van der Waals surface area (Å²) >= 11 is 0. The molecular formula is C17H18N3O. The summed E-state index contributed by atoms with van der Waals surface area (Å²) in [4.78, 5) is 20.7. The van der Waals surface area contributed by atoms with Crippen LogP contribution < -0.4 is 0 Å². The van der Waals surface area contributed by atoms with Crippen molar-refractivity contribution in [1.82, 2.24) is 14.8 Å². The number of carbonyl (C=O) groups is 1. The second-order valence-corrected chi connectivity index (χ2v) is 5.21. The summed E-state index contributed by atoms with van der Waals surface area (Å²) < 4.78 is 0. The normalized spacial score (nSPS) is 15.9.